The van der Waals surface area contributed by atoms with Crippen LogP contribution in [0.2, 0.25) is 0 Å². The van der Waals surface area contributed by atoms with Crippen LogP contribution < -0.4 is 4.74 Å². The molecule has 1 aromatic carbocycles. The Kier molecular flexibility index (Phi) is 2.60. The predicted molar refractivity (Wildman–Crippen MR) is 63.8 cm³/mol. The van der Waals surface area contributed by atoms with E-state index in [-0.39, 0.29) is 23.7 Å². The Bertz CT molecular complexity index is 376. The summed E-state index contributed by atoms with van der Waals surface area (Å²) in [6.07, 6.45) is 2.23. The highest BCUT2D eigenvalue weighted by Gasteiger charge is 2.54. The average molecular weight is 234 g/mol. The first kappa shape index (κ1) is 11.1. The number of ether oxygens (including phenoxy) is 1. The fourth-order valence-corrected chi connectivity index (χ4v) is 3.45. The molecule has 0 radical (unpaired) electrons. The summed E-state index contributed by atoms with van der Waals surface area (Å²) in [6.45, 7) is 0. The molecule has 0 bridgehead atoms. The Hall–Kier alpha value is -1.06. The minimum atomic E-state index is -0.347. The van der Waals surface area contributed by atoms with Crippen LogP contribution in [0.1, 0.15) is 25.7 Å². The van der Waals surface area contributed by atoms with Gasteiger partial charge in [-0.15, -0.1) is 0 Å². The second-order valence-electron chi connectivity index (χ2n) is 5.36. The van der Waals surface area contributed by atoms with Crippen molar-refractivity contribution >= 4 is 0 Å². The van der Waals surface area contributed by atoms with Crippen LogP contribution in [0.5, 0.6) is 5.75 Å². The molecule has 2 aliphatic rings. The van der Waals surface area contributed by atoms with Crippen molar-refractivity contribution in [1.29, 1.82) is 0 Å². The molecule has 2 N–H and O–H groups in total. The maximum absolute atomic E-state index is 9.80. The molecule has 2 fully saturated rings. The standard InChI is InChI=1S/C14H18O3/c15-11-6-10-7-12(16)9-14(10,8-11)17-13-4-2-1-3-5-13/h1-5,10-12,15-16H,6-9H2. The third kappa shape index (κ3) is 1.94. The van der Waals surface area contributed by atoms with Crippen LogP contribution in [-0.2, 0) is 0 Å². The van der Waals surface area contributed by atoms with Crippen molar-refractivity contribution in [2.24, 2.45) is 5.92 Å². The lowest BCUT2D eigenvalue weighted by Crippen LogP contribution is -2.36. The molecule has 0 aliphatic heterocycles. The molecule has 0 saturated heterocycles. The van der Waals surface area contributed by atoms with E-state index in [1.807, 2.05) is 30.3 Å². The molecule has 0 spiro atoms. The van der Waals surface area contributed by atoms with Gasteiger partial charge in [-0.05, 0) is 25.0 Å². The summed E-state index contributed by atoms with van der Waals surface area (Å²) in [5.41, 5.74) is -0.347. The second-order valence-corrected chi connectivity index (χ2v) is 5.36. The molecule has 3 nitrogen and oxygen atoms in total. The summed E-state index contributed by atoms with van der Waals surface area (Å²) in [7, 11) is 0. The molecule has 2 unspecified atom stereocenters. The second kappa shape index (κ2) is 4.00. The van der Waals surface area contributed by atoms with E-state index in [4.69, 9.17) is 4.74 Å². The van der Waals surface area contributed by atoms with Gasteiger partial charge in [0.25, 0.3) is 0 Å². The number of fused-ring (bicyclic) bond motifs is 1. The van der Waals surface area contributed by atoms with Crippen LogP contribution in [-0.4, -0.2) is 28.0 Å². The van der Waals surface area contributed by atoms with Crippen LogP contribution in [0.3, 0.4) is 0 Å². The molecule has 92 valence electrons. The fourth-order valence-electron chi connectivity index (χ4n) is 3.45. The topological polar surface area (TPSA) is 49.7 Å². The van der Waals surface area contributed by atoms with E-state index in [0.29, 0.717) is 12.8 Å². The zero-order valence-electron chi connectivity index (χ0n) is 9.75. The summed E-state index contributed by atoms with van der Waals surface area (Å²) in [5.74, 6) is 1.12. The van der Waals surface area contributed by atoms with Gasteiger partial charge in [-0.2, -0.15) is 0 Å². The summed E-state index contributed by atoms with van der Waals surface area (Å²) < 4.78 is 6.11. The number of para-hydroxylation sites is 1. The van der Waals surface area contributed by atoms with E-state index < -0.39 is 0 Å². The zero-order valence-corrected chi connectivity index (χ0v) is 9.75. The number of benzene rings is 1. The van der Waals surface area contributed by atoms with E-state index in [1.54, 1.807) is 0 Å². The lowest BCUT2D eigenvalue weighted by Gasteiger charge is -2.30. The molecule has 2 aliphatic carbocycles. The Morgan fingerprint density at radius 3 is 2.18 bits per heavy atom. The van der Waals surface area contributed by atoms with Crippen molar-refractivity contribution in [2.75, 3.05) is 0 Å². The molecule has 0 aromatic heterocycles. The van der Waals surface area contributed by atoms with Crippen LogP contribution >= 0.6 is 0 Å². The van der Waals surface area contributed by atoms with Gasteiger partial charge >= 0.3 is 0 Å². The molecular weight excluding hydrogens is 216 g/mol. The molecule has 1 aromatic rings. The quantitative estimate of drug-likeness (QED) is 0.819. The third-order valence-corrected chi connectivity index (χ3v) is 4.08. The molecular formula is C14H18O3. The van der Waals surface area contributed by atoms with Gasteiger partial charge in [-0.1, -0.05) is 18.2 Å². The van der Waals surface area contributed by atoms with E-state index in [9.17, 15) is 10.2 Å². The Morgan fingerprint density at radius 2 is 1.59 bits per heavy atom. The molecule has 2 atom stereocenters. The van der Waals surface area contributed by atoms with Gasteiger partial charge in [0.05, 0.1) is 12.2 Å². The monoisotopic (exact) mass is 234 g/mol. The number of aliphatic hydroxyl groups excluding tert-OH is 2. The van der Waals surface area contributed by atoms with Gasteiger partial charge in [-0.25, -0.2) is 0 Å². The molecule has 3 heteroatoms. The minimum absolute atomic E-state index is 0.281. The molecule has 0 amide bonds. The van der Waals surface area contributed by atoms with Crippen LogP contribution in [0, 0.1) is 5.92 Å². The Morgan fingerprint density at radius 1 is 1.00 bits per heavy atom. The van der Waals surface area contributed by atoms with Crippen molar-refractivity contribution in [3.8, 4) is 5.75 Å². The lowest BCUT2D eigenvalue weighted by atomic mass is 9.94. The molecule has 17 heavy (non-hydrogen) atoms. The molecule has 2 saturated carbocycles. The van der Waals surface area contributed by atoms with Gasteiger partial charge in [0.2, 0.25) is 0 Å². The predicted octanol–water partition coefficient (Wildman–Crippen LogP) is 1.73. The molecule has 0 heterocycles. The SMILES string of the molecule is OC1CC2CC(O)CC2(Oc2ccccc2)C1. The smallest absolute Gasteiger partial charge is 0.120 e. The highest BCUT2D eigenvalue weighted by atomic mass is 16.5. The minimum Gasteiger partial charge on any atom is -0.487 e. The highest BCUT2D eigenvalue weighted by molar-refractivity contribution is 5.23. The summed E-state index contributed by atoms with van der Waals surface area (Å²) in [5, 5.41) is 19.6. The fraction of sp³-hybridized carbons (Fsp3) is 0.571. The summed E-state index contributed by atoms with van der Waals surface area (Å²) >= 11 is 0. The first-order valence-corrected chi connectivity index (χ1v) is 6.28. The third-order valence-electron chi connectivity index (χ3n) is 4.08. The maximum atomic E-state index is 9.80. The summed E-state index contributed by atoms with van der Waals surface area (Å²) in [6, 6.07) is 9.70. The van der Waals surface area contributed by atoms with Crippen LogP contribution in [0.25, 0.3) is 0 Å². The first-order valence-electron chi connectivity index (χ1n) is 6.28. The largest absolute Gasteiger partial charge is 0.487 e. The van der Waals surface area contributed by atoms with E-state index in [0.717, 1.165) is 18.6 Å². The van der Waals surface area contributed by atoms with E-state index >= 15 is 0 Å². The van der Waals surface area contributed by atoms with E-state index in [2.05, 4.69) is 0 Å². The highest BCUT2D eigenvalue weighted by Crippen LogP contribution is 2.50. The number of hydrogen-bond donors (Lipinski definition) is 2. The number of aliphatic hydroxyl groups is 2. The van der Waals surface area contributed by atoms with Gasteiger partial charge in [0.15, 0.2) is 0 Å². The van der Waals surface area contributed by atoms with Crippen molar-refractivity contribution in [3.63, 3.8) is 0 Å². The van der Waals surface area contributed by atoms with Crippen LogP contribution in [0.4, 0.5) is 0 Å². The Labute approximate surface area is 101 Å². The zero-order chi connectivity index (χ0) is 11.9. The summed E-state index contributed by atoms with van der Waals surface area (Å²) in [4.78, 5) is 0. The van der Waals surface area contributed by atoms with Gasteiger partial charge in [0.1, 0.15) is 11.4 Å². The number of hydrogen-bond acceptors (Lipinski definition) is 3. The number of rotatable bonds is 2. The molecule has 3 rings (SSSR count). The van der Waals surface area contributed by atoms with Crippen LogP contribution in [0.15, 0.2) is 30.3 Å². The van der Waals surface area contributed by atoms with Crippen molar-refractivity contribution in [2.45, 2.75) is 43.5 Å². The van der Waals surface area contributed by atoms with Gasteiger partial charge < -0.3 is 14.9 Å². The lowest BCUT2D eigenvalue weighted by molar-refractivity contribution is 0.0296. The van der Waals surface area contributed by atoms with E-state index in [1.165, 1.54) is 0 Å². The van der Waals surface area contributed by atoms with Crippen molar-refractivity contribution in [3.05, 3.63) is 30.3 Å². The van der Waals surface area contributed by atoms with Crippen molar-refractivity contribution < 1.29 is 14.9 Å². The first-order chi connectivity index (χ1) is 8.18. The normalized spacial score (nSPS) is 40.2. The van der Waals surface area contributed by atoms with Gasteiger partial charge in [0, 0.05) is 18.8 Å². The van der Waals surface area contributed by atoms with Crippen molar-refractivity contribution in [1.82, 2.24) is 0 Å². The maximum Gasteiger partial charge on any atom is 0.120 e. The Balaban J connectivity index is 1.84. The van der Waals surface area contributed by atoms with Gasteiger partial charge in [-0.3, -0.25) is 0 Å². The average Bonchev–Trinajstić information content (AvgIpc) is 2.69.